The Morgan fingerprint density at radius 1 is 0.952 bits per heavy atom. The zero-order valence-electron chi connectivity index (χ0n) is 11.1. The van der Waals surface area contributed by atoms with Crippen LogP contribution in [0.1, 0.15) is 11.6 Å². The van der Waals surface area contributed by atoms with Crippen LogP contribution in [-0.2, 0) is 0 Å². The van der Waals surface area contributed by atoms with Gasteiger partial charge in [-0.3, -0.25) is 0 Å². The van der Waals surface area contributed by atoms with Crippen molar-refractivity contribution in [3.05, 3.63) is 59.9 Å². The van der Waals surface area contributed by atoms with E-state index in [2.05, 4.69) is 5.32 Å². The Bertz CT molecular complexity index is 578. The zero-order chi connectivity index (χ0) is 15.5. The number of hydrogen-bond donors (Lipinski definition) is 1. The van der Waals surface area contributed by atoms with Crippen molar-refractivity contribution in [1.29, 1.82) is 0 Å². The molecule has 112 valence electrons. The molecule has 0 fully saturated rings. The molecule has 0 amide bonds. The van der Waals surface area contributed by atoms with Gasteiger partial charge in [0.25, 0.3) is 0 Å². The van der Waals surface area contributed by atoms with Crippen molar-refractivity contribution in [1.82, 2.24) is 0 Å². The van der Waals surface area contributed by atoms with Crippen LogP contribution in [-0.4, -0.2) is 13.3 Å². The van der Waals surface area contributed by atoms with E-state index >= 15 is 0 Å². The molecule has 2 nitrogen and oxygen atoms in total. The van der Waals surface area contributed by atoms with E-state index in [0.29, 0.717) is 11.4 Å². The predicted molar refractivity (Wildman–Crippen MR) is 71.8 cm³/mol. The Morgan fingerprint density at radius 2 is 1.52 bits per heavy atom. The summed E-state index contributed by atoms with van der Waals surface area (Å²) in [7, 11) is 1.47. The summed E-state index contributed by atoms with van der Waals surface area (Å²) in [6.07, 6.45) is -4.50. The highest BCUT2D eigenvalue weighted by Gasteiger charge is 2.40. The summed E-state index contributed by atoms with van der Waals surface area (Å²) in [6, 6.07) is 8.41. The second kappa shape index (κ2) is 6.03. The maximum absolute atomic E-state index is 13.2. The minimum Gasteiger partial charge on any atom is -0.497 e. The molecule has 0 bridgehead atoms. The first-order chi connectivity index (χ1) is 9.90. The average Bonchev–Trinajstić information content (AvgIpc) is 2.45. The second-order valence-electron chi connectivity index (χ2n) is 4.40. The number of methoxy groups -OCH3 is 1. The molecule has 0 heterocycles. The second-order valence-corrected chi connectivity index (χ2v) is 4.40. The lowest BCUT2D eigenvalue weighted by Crippen LogP contribution is -2.27. The highest BCUT2D eigenvalue weighted by molar-refractivity contribution is 5.48. The highest BCUT2D eigenvalue weighted by Crippen LogP contribution is 2.35. The standard InChI is InChI=1S/C15H13F4NO/c1-21-13-8-6-12(7-9-13)20-14(15(17,18)19)10-2-4-11(16)5-3-10/h2-9,14,20H,1H3/t14-/m0/s1. The molecule has 0 spiro atoms. The van der Waals surface area contributed by atoms with Gasteiger partial charge in [0.05, 0.1) is 7.11 Å². The van der Waals surface area contributed by atoms with Crippen molar-refractivity contribution < 1.29 is 22.3 Å². The number of ether oxygens (including phenoxy) is 1. The molecular weight excluding hydrogens is 286 g/mol. The van der Waals surface area contributed by atoms with Crippen LogP contribution in [0.2, 0.25) is 0 Å². The normalized spacial score (nSPS) is 12.8. The van der Waals surface area contributed by atoms with E-state index in [-0.39, 0.29) is 5.56 Å². The summed E-state index contributed by atoms with van der Waals surface area (Å²) in [5.74, 6) is -0.0324. The topological polar surface area (TPSA) is 21.3 Å². The third-order valence-corrected chi connectivity index (χ3v) is 2.93. The lowest BCUT2D eigenvalue weighted by Gasteiger charge is -2.23. The van der Waals surface area contributed by atoms with Crippen molar-refractivity contribution in [2.24, 2.45) is 0 Å². The molecule has 0 aromatic heterocycles. The molecule has 0 saturated heterocycles. The molecule has 0 unspecified atom stereocenters. The zero-order valence-corrected chi connectivity index (χ0v) is 11.1. The predicted octanol–water partition coefficient (Wildman–Crippen LogP) is 4.55. The molecule has 2 aromatic carbocycles. The number of alkyl halides is 3. The molecule has 0 radical (unpaired) electrons. The van der Waals surface area contributed by atoms with Crippen LogP contribution < -0.4 is 10.1 Å². The molecule has 2 aromatic rings. The lowest BCUT2D eigenvalue weighted by molar-refractivity contribution is -0.144. The molecule has 0 saturated carbocycles. The highest BCUT2D eigenvalue weighted by atomic mass is 19.4. The molecule has 1 N–H and O–H groups in total. The maximum atomic E-state index is 13.2. The molecule has 0 aliphatic carbocycles. The van der Waals surface area contributed by atoms with E-state index in [9.17, 15) is 17.6 Å². The van der Waals surface area contributed by atoms with E-state index in [1.807, 2.05) is 0 Å². The van der Waals surface area contributed by atoms with Crippen molar-refractivity contribution in [2.75, 3.05) is 12.4 Å². The van der Waals surface area contributed by atoms with Crippen LogP contribution in [0, 0.1) is 5.82 Å². The van der Waals surface area contributed by atoms with Gasteiger partial charge in [-0.1, -0.05) is 12.1 Å². The lowest BCUT2D eigenvalue weighted by atomic mass is 10.1. The molecule has 6 heteroatoms. The number of anilines is 1. The molecule has 2 rings (SSSR count). The number of hydrogen-bond acceptors (Lipinski definition) is 2. The van der Waals surface area contributed by atoms with E-state index in [1.54, 1.807) is 12.1 Å². The Labute approximate surface area is 119 Å². The quantitative estimate of drug-likeness (QED) is 0.836. The van der Waals surface area contributed by atoms with Gasteiger partial charge in [0.15, 0.2) is 0 Å². The van der Waals surface area contributed by atoms with Crippen molar-refractivity contribution in [2.45, 2.75) is 12.2 Å². The van der Waals surface area contributed by atoms with Crippen LogP contribution in [0.4, 0.5) is 23.2 Å². The largest absolute Gasteiger partial charge is 0.497 e. The fourth-order valence-corrected chi connectivity index (χ4v) is 1.86. The van der Waals surface area contributed by atoms with Crippen LogP contribution in [0.25, 0.3) is 0 Å². The van der Waals surface area contributed by atoms with Gasteiger partial charge in [0.1, 0.15) is 17.6 Å². The summed E-state index contributed by atoms with van der Waals surface area (Å²) < 4.78 is 57.3. The van der Waals surface area contributed by atoms with Gasteiger partial charge in [-0.2, -0.15) is 13.2 Å². The summed E-state index contributed by atoms with van der Waals surface area (Å²) in [5.41, 5.74) is 0.238. The maximum Gasteiger partial charge on any atom is 0.412 e. The van der Waals surface area contributed by atoms with Gasteiger partial charge in [-0.15, -0.1) is 0 Å². The first kappa shape index (κ1) is 15.2. The minimum atomic E-state index is -4.50. The van der Waals surface area contributed by atoms with Crippen molar-refractivity contribution in [3.8, 4) is 5.75 Å². The summed E-state index contributed by atoms with van der Waals surface area (Å²) in [6.45, 7) is 0. The summed E-state index contributed by atoms with van der Waals surface area (Å²) in [5, 5.41) is 2.40. The Kier molecular flexibility index (Phi) is 4.35. The Morgan fingerprint density at radius 3 is 2.00 bits per heavy atom. The van der Waals surface area contributed by atoms with Crippen molar-refractivity contribution >= 4 is 5.69 Å². The van der Waals surface area contributed by atoms with E-state index in [1.165, 1.54) is 19.2 Å². The molecule has 0 aliphatic heterocycles. The fourth-order valence-electron chi connectivity index (χ4n) is 1.86. The Balaban J connectivity index is 2.26. The fraction of sp³-hybridized carbons (Fsp3) is 0.200. The third-order valence-electron chi connectivity index (χ3n) is 2.93. The van der Waals surface area contributed by atoms with Gasteiger partial charge < -0.3 is 10.1 Å². The van der Waals surface area contributed by atoms with Gasteiger partial charge in [0.2, 0.25) is 0 Å². The molecular formula is C15H13F4NO. The molecule has 1 atom stereocenters. The third kappa shape index (κ3) is 3.87. The Hall–Kier alpha value is -2.24. The molecule has 0 aliphatic rings. The van der Waals surface area contributed by atoms with Gasteiger partial charge >= 0.3 is 6.18 Å². The monoisotopic (exact) mass is 299 g/mol. The van der Waals surface area contributed by atoms with Crippen molar-refractivity contribution in [3.63, 3.8) is 0 Å². The number of halogens is 4. The van der Waals surface area contributed by atoms with Gasteiger partial charge in [0, 0.05) is 5.69 Å². The van der Waals surface area contributed by atoms with Crippen LogP contribution >= 0.6 is 0 Å². The first-order valence-corrected chi connectivity index (χ1v) is 6.13. The number of nitrogens with one attached hydrogen (secondary N) is 1. The average molecular weight is 299 g/mol. The number of benzene rings is 2. The van der Waals surface area contributed by atoms with Crippen LogP contribution in [0.5, 0.6) is 5.75 Å². The van der Waals surface area contributed by atoms with Gasteiger partial charge in [-0.25, -0.2) is 4.39 Å². The summed E-state index contributed by atoms with van der Waals surface area (Å²) >= 11 is 0. The first-order valence-electron chi connectivity index (χ1n) is 6.13. The van der Waals surface area contributed by atoms with E-state index < -0.39 is 18.0 Å². The molecule has 21 heavy (non-hydrogen) atoms. The van der Waals surface area contributed by atoms with E-state index in [0.717, 1.165) is 24.3 Å². The minimum absolute atomic E-state index is 0.0558. The van der Waals surface area contributed by atoms with Crippen LogP contribution in [0.15, 0.2) is 48.5 Å². The van der Waals surface area contributed by atoms with Crippen LogP contribution in [0.3, 0.4) is 0 Å². The number of rotatable bonds is 4. The van der Waals surface area contributed by atoms with E-state index in [4.69, 9.17) is 4.74 Å². The smallest absolute Gasteiger partial charge is 0.412 e. The van der Waals surface area contributed by atoms with Gasteiger partial charge in [-0.05, 0) is 42.0 Å². The SMILES string of the molecule is COc1ccc(N[C@@H](c2ccc(F)cc2)C(F)(F)F)cc1. The summed E-state index contributed by atoms with van der Waals surface area (Å²) in [4.78, 5) is 0.